The number of rotatable bonds is 7. The predicted octanol–water partition coefficient (Wildman–Crippen LogP) is 1.57. The average molecular weight is 404 g/mol. The van der Waals surface area contributed by atoms with E-state index in [1.165, 1.54) is 38.5 Å². The molecule has 0 radical (unpaired) electrons. The van der Waals surface area contributed by atoms with E-state index in [4.69, 9.17) is 9.47 Å². The van der Waals surface area contributed by atoms with Gasteiger partial charge in [-0.05, 0) is 48.5 Å². The lowest BCUT2D eigenvalue weighted by molar-refractivity contribution is 0.196. The summed E-state index contributed by atoms with van der Waals surface area (Å²) in [4.78, 5) is -1.21. The summed E-state index contributed by atoms with van der Waals surface area (Å²) < 4.78 is 71.7. The number of halogens is 1. The van der Waals surface area contributed by atoms with Crippen LogP contribution in [0.5, 0.6) is 11.5 Å². The zero-order chi connectivity index (χ0) is 19.6. The molecule has 2 aromatic rings. The van der Waals surface area contributed by atoms with Crippen LogP contribution in [0.3, 0.4) is 0 Å². The molecule has 142 valence electrons. The van der Waals surface area contributed by atoms with E-state index in [9.17, 15) is 21.9 Å². The molecule has 0 fully saturated rings. The van der Waals surface area contributed by atoms with Crippen LogP contribution in [-0.4, -0.2) is 47.1 Å². The molecule has 0 atom stereocenters. The molecular formula is C16H17FO7S2. The van der Waals surface area contributed by atoms with Crippen LogP contribution in [0.1, 0.15) is 0 Å². The van der Waals surface area contributed by atoms with Crippen LogP contribution in [0, 0.1) is 0 Å². The Morgan fingerprint density at radius 1 is 0.808 bits per heavy atom. The summed E-state index contributed by atoms with van der Waals surface area (Å²) in [7, 11) is -7.47. The average Bonchev–Trinajstić information content (AvgIpc) is 2.66. The Morgan fingerprint density at radius 3 is 1.35 bits per heavy atom. The van der Waals surface area contributed by atoms with Gasteiger partial charge in [0.25, 0.3) is 0 Å². The third kappa shape index (κ3) is 3.15. The molecule has 0 saturated carbocycles. The monoisotopic (exact) mass is 404 g/mol. The molecule has 0 aliphatic rings. The van der Waals surface area contributed by atoms with E-state index in [0.717, 1.165) is 24.3 Å². The van der Waals surface area contributed by atoms with Crippen molar-refractivity contribution in [1.29, 1.82) is 0 Å². The highest BCUT2D eigenvalue weighted by Crippen LogP contribution is 2.37. The van der Waals surface area contributed by atoms with Crippen LogP contribution in [0.2, 0.25) is 0 Å². The lowest BCUT2D eigenvalue weighted by atomic mass is 10.3. The first kappa shape index (κ1) is 20.1. The van der Waals surface area contributed by atoms with Crippen molar-refractivity contribution in [2.45, 2.75) is 14.1 Å². The maximum Gasteiger partial charge on any atom is 0.340 e. The van der Waals surface area contributed by atoms with E-state index in [2.05, 4.69) is 0 Å². The standard InChI is InChI=1S/C16H17FO7S2/c1-23-12-3-7-14(8-4-12)25(19,20)16(17,11-18)26(21,22)15-9-5-13(24-2)6-10-15/h3-10,18H,11H2,1-2H3. The SMILES string of the molecule is COc1ccc(S(=O)(=O)C(F)(CO)S(=O)(=O)c2ccc(OC)cc2)cc1. The van der Waals surface area contributed by atoms with Crippen molar-refractivity contribution in [3.63, 3.8) is 0 Å². The van der Waals surface area contributed by atoms with Gasteiger partial charge in [0.05, 0.1) is 24.0 Å². The van der Waals surface area contributed by atoms with Crippen molar-refractivity contribution >= 4 is 19.7 Å². The Kier molecular flexibility index (Phi) is 5.59. The second-order valence-corrected chi connectivity index (χ2v) is 9.69. The van der Waals surface area contributed by atoms with Crippen molar-refractivity contribution in [1.82, 2.24) is 0 Å². The Labute approximate surface area is 150 Å². The number of methoxy groups -OCH3 is 2. The van der Waals surface area contributed by atoms with Gasteiger partial charge in [-0.25, -0.2) is 21.2 Å². The molecule has 0 aliphatic carbocycles. The second kappa shape index (κ2) is 7.22. The van der Waals surface area contributed by atoms with Gasteiger partial charge in [-0.2, -0.15) is 0 Å². The molecule has 0 aromatic heterocycles. The number of aliphatic hydroxyl groups is 1. The molecule has 1 N–H and O–H groups in total. The zero-order valence-corrected chi connectivity index (χ0v) is 15.6. The van der Waals surface area contributed by atoms with Crippen molar-refractivity contribution in [3.05, 3.63) is 48.5 Å². The van der Waals surface area contributed by atoms with Gasteiger partial charge in [0, 0.05) is 0 Å². The second-order valence-electron chi connectivity index (χ2n) is 5.18. The molecule has 7 nitrogen and oxygen atoms in total. The summed E-state index contributed by atoms with van der Waals surface area (Å²) in [6, 6.07) is 8.97. The normalized spacial score (nSPS) is 12.6. The third-order valence-electron chi connectivity index (χ3n) is 3.73. The van der Waals surface area contributed by atoms with Crippen LogP contribution in [0.4, 0.5) is 4.39 Å². The fraction of sp³-hybridized carbons (Fsp3) is 0.250. The first-order chi connectivity index (χ1) is 12.1. The predicted molar refractivity (Wildman–Crippen MR) is 91.3 cm³/mol. The molecule has 0 heterocycles. The molecule has 0 saturated heterocycles. The molecule has 2 aromatic carbocycles. The minimum Gasteiger partial charge on any atom is -0.497 e. The Bertz CT molecular complexity index is 889. The van der Waals surface area contributed by atoms with Gasteiger partial charge in [0.1, 0.15) is 18.1 Å². The van der Waals surface area contributed by atoms with E-state index in [1.54, 1.807) is 0 Å². The van der Waals surface area contributed by atoms with Crippen molar-refractivity contribution in [3.8, 4) is 11.5 Å². The molecule has 0 bridgehead atoms. The van der Waals surface area contributed by atoms with E-state index >= 15 is 4.39 Å². The lowest BCUT2D eigenvalue weighted by Gasteiger charge is -2.23. The van der Waals surface area contributed by atoms with E-state index < -0.39 is 40.4 Å². The Morgan fingerprint density at radius 2 is 1.12 bits per heavy atom. The largest absolute Gasteiger partial charge is 0.497 e. The maximum absolute atomic E-state index is 15.3. The van der Waals surface area contributed by atoms with Gasteiger partial charge in [-0.1, -0.05) is 0 Å². The highest BCUT2D eigenvalue weighted by atomic mass is 32.3. The van der Waals surface area contributed by atoms with Crippen LogP contribution in [0.15, 0.2) is 58.3 Å². The topological polar surface area (TPSA) is 107 Å². The smallest absolute Gasteiger partial charge is 0.340 e. The van der Waals surface area contributed by atoms with E-state index in [1.807, 2.05) is 0 Å². The summed E-state index contributed by atoms with van der Waals surface area (Å²) >= 11 is 0. The number of hydrogen-bond acceptors (Lipinski definition) is 7. The molecule has 2 rings (SSSR count). The van der Waals surface area contributed by atoms with Crippen LogP contribution >= 0.6 is 0 Å². The van der Waals surface area contributed by atoms with Crippen LogP contribution in [0.25, 0.3) is 0 Å². The van der Waals surface area contributed by atoms with Gasteiger partial charge in [-0.15, -0.1) is 0 Å². The number of aliphatic hydroxyl groups excluding tert-OH is 1. The molecule has 0 aliphatic heterocycles. The molecule has 0 unspecified atom stereocenters. The van der Waals surface area contributed by atoms with Gasteiger partial charge in [0.2, 0.25) is 19.7 Å². The summed E-state index contributed by atoms with van der Waals surface area (Å²) in [6.07, 6.45) is 0. The van der Waals surface area contributed by atoms with E-state index in [-0.39, 0.29) is 0 Å². The zero-order valence-electron chi connectivity index (χ0n) is 13.9. The number of ether oxygens (including phenoxy) is 2. The van der Waals surface area contributed by atoms with Crippen molar-refractivity contribution < 1.29 is 35.8 Å². The van der Waals surface area contributed by atoms with Gasteiger partial charge < -0.3 is 14.6 Å². The summed E-state index contributed by atoms with van der Waals surface area (Å²) in [5.41, 5.74) is 0. The van der Waals surface area contributed by atoms with Crippen molar-refractivity contribution in [2.24, 2.45) is 0 Å². The van der Waals surface area contributed by atoms with Gasteiger partial charge in [-0.3, -0.25) is 0 Å². The number of alkyl halides is 1. The Hall–Kier alpha value is -2.17. The van der Waals surface area contributed by atoms with E-state index in [0.29, 0.717) is 11.5 Å². The first-order valence-corrected chi connectivity index (χ1v) is 10.2. The number of sulfone groups is 2. The number of benzene rings is 2. The van der Waals surface area contributed by atoms with Crippen LogP contribution < -0.4 is 9.47 Å². The highest BCUT2D eigenvalue weighted by Gasteiger charge is 2.57. The minimum atomic E-state index is -5.09. The summed E-state index contributed by atoms with van der Waals surface area (Å²) in [5.74, 6) is 0.603. The van der Waals surface area contributed by atoms with Crippen molar-refractivity contribution in [2.75, 3.05) is 20.8 Å². The quantitative estimate of drug-likeness (QED) is 0.746. The number of hydrogen-bond donors (Lipinski definition) is 1. The molecule has 0 amide bonds. The fourth-order valence-corrected chi connectivity index (χ4v) is 5.94. The summed E-state index contributed by atoms with van der Waals surface area (Å²) in [6.45, 7) is -1.77. The van der Waals surface area contributed by atoms with Gasteiger partial charge in [0.15, 0.2) is 0 Å². The Balaban J connectivity index is 2.59. The maximum atomic E-state index is 15.3. The van der Waals surface area contributed by atoms with Gasteiger partial charge >= 0.3 is 4.33 Å². The minimum absolute atomic E-state index is 0.301. The third-order valence-corrected chi connectivity index (χ3v) is 8.70. The lowest BCUT2D eigenvalue weighted by Crippen LogP contribution is -2.45. The molecular weight excluding hydrogens is 387 g/mol. The fourth-order valence-electron chi connectivity index (χ4n) is 2.18. The van der Waals surface area contributed by atoms with Crippen LogP contribution in [-0.2, 0) is 19.7 Å². The molecule has 0 spiro atoms. The first-order valence-electron chi connectivity index (χ1n) is 7.21. The molecule has 10 heteroatoms. The highest BCUT2D eigenvalue weighted by molar-refractivity contribution is 8.10. The summed E-state index contributed by atoms with van der Waals surface area (Å²) in [5, 5.41) is 9.40. The molecule has 26 heavy (non-hydrogen) atoms.